The van der Waals surface area contributed by atoms with Crippen molar-refractivity contribution in [3.8, 4) is 11.3 Å². The fourth-order valence-corrected chi connectivity index (χ4v) is 5.13. The third-order valence-electron chi connectivity index (χ3n) is 6.93. The zero-order chi connectivity index (χ0) is 20.6. The maximum atomic E-state index is 6.53. The summed E-state index contributed by atoms with van der Waals surface area (Å²) in [5.41, 5.74) is 9.38. The van der Waals surface area contributed by atoms with E-state index in [4.69, 9.17) is 9.40 Å². The fourth-order valence-electron chi connectivity index (χ4n) is 5.13. The number of pyridine rings is 2. The fraction of sp³-hybridized carbons (Fsp3) is 0.385. The highest BCUT2D eigenvalue weighted by molar-refractivity contribution is 6.09. The molecular formula is C26H29N2O+. The molecule has 0 N–H and O–H groups in total. The molecule has 0 radical (unpaired) electrons. The zero-order valence-corrected chi connectivity index (χ0v) is 18.3. The van der Waals surface area contributed by atoms with Crippen LogP contribution in [0.15, 0.2) is 47.1 Å². The van der Waals surface area contributed by atoms with Gasteiger partial charge in [-0.1, -0.05) is 33.8 Å². The van der Waals surface area contributed by atoms with Crippen molar-refractivity contribution in [2.24, 2.45) is 7.05 Å². The highest BCUT2D eigenvalue weighted by atomic mass is 16.3. The average Bonchev–Trinajstić information content (AvgIpc) is 3.04. The van der Waals surface area contributed by atoms with Crippen LogP contribution >= 0.6 is 0 Å². The maximum Gasteiger partial charge on any atom is 0.216 e. The lowest BCUT2D eigenvalue weighted by Gasteiger charge is -2.42. The molecule has 3 nitrogen and oxygen atoms in total. The summed E-state index contributed by atoms with van der Waals surface area (Å²) in [5, 5.41) is 1.20. The molecule has 0 saturated heterocycles. The maximum absolute atomic E-state index is 6.53. The van der Waals surface area contributed by atoms with Gasteiger partial charge in [-0.05, 0) is 59.4 Å². The second-order valence-corrected chi connectivity index (χ2v) is 9.92. The molecule has 0 bridgehead atoms. The highest BCUT2D eigenvalue weighted by Gasteiger charge is 2.39. The van der Waals surface area contributed by atoms with E-state index in [9.17, 15) is 0 Å². The van der Waals surface area contributed by atoms with E-state index in [1.807, 2.05) is 6.20 Å². The summed E-state index contributed by atoms with van der Waals surface area (Å²) >= 11 is 0. The first-order chi connectivity index (χ1) is 13.7. The van der Waals surface area contributed by atoms with Gasteiger partial charge in [0.2, 0.25) is 5.69 Å². The Labute approximate surface area is 172 Å². The first-order valence-corrected chi connectivity index (χ1v) is 10.5. The lowest BCUT2D eigenvalue weighted by atomic mass is 9.62. The van der Waals surface area contributed by atoms with Crippen LogP contribution in [0.2, 0.25) is 0 Å². The summed E-state index contributed by atoms with van der Waals surface area (Å²) in [6.45, 7) is 11.6. The molecule has 0 saturated carbocycles. The normalized spacial score (nSPS) is 17.6. The Morgan fingerprint density at radius 1 is 1.00 bits per heavy atom. The Balaban J connectivity index is 1.95. The summed E-state index contributed by atoms with van der Waals surface area (Å²) in [7, 11) is 2.08. The molecule has 148 valence electrons. The SMILES string of the molecule is Cc1cnc2c(oc3ccc4c(c32)C(C)(C)CCC4(C)C)c1-c1cccc[n+]1C. The van der Waals surface area contributed by atoms with E-state index in [-0.39, 0.29) is 10.8 Å². The zero-order valence-electron chi connectivity index (χ0n) is 18.3. The van der Waals surface area contributed by atoms with E-state index < -0.39 is 0 Å². The number of rotatable bonds is 1. The van der Waals surface area contributed by atoms with Gasteiger partial charge in [0.05, 0.1) is 10.9 Å². The van der Waals surface area contributed by atoms with Crippen molar-refractivity contribution in [1.29, 1.82) is 0 Å². The van der Waals surface area contributed by atoms with Crippen LogP contribution in [0.5, 0.6) is 0 Å². The van der Waals surface area contributed by atoms with E-state index in [0.29, 0.717) is 0 Å². The lowest BCUT2D eigenvalue weighted by molar-refractivity contribution is -0.660. The van der Waals surface area contributed by atoms with Gasteiger partial charge in [0.25, 0.3) is 0 Å². The number of furan rings is 1. The Hall–Kier alpha value is -2.68. The number of aromatic nitrogens is 2. The van der Waals surface area contributed by atoms with Crippen LogP contribution in [0, 0.1) is 6.92 Å². The van der Waals surface area contributed by atoms with E-state index in [0.717, 1.165) is 33.5 Å². The minimum Gasteiger partial charge on any atom is -0.453 e. The molecule has 0 atom stereocenters. The predicted octanol–water partition coefficient (Wildman–Crippen LogP) is 6.13. The first kappa shape index (κ1) is 18.4. The van der Waals surface area contributed by atoms with Crippen LogP contribution in [0.4, 0.5) is 0 Å². The molecule has 3 aromatic heterocycles. The van der Waals surface area contributed by atoms with Crippen LogP contribution in [-0.2, 0) is 17.9 Å². The van der Waals surface area contributed by atoms with E-state index in [2.05, 4.69) is 82.8 Å². The van der Waals surface area contributed by atoms with Crippen LogP contribution < -0.4 is 4.57 Å². The summed E-state index contributed by atoms with van der Waals surface area (Å²) < 4.78 is 8.68. The third kappa shape index (κ3) is 2.56. The van der Waals surface area contributed by atoms with Crippen LogP contribution in [0.1, 0.15) is 57.2 Å². The Morgan fingerprint density at radius 2 is 1.76 bits per heavy atom. The lowest BCUT2D eigenvalue weighted by Crippen LogP contribution is -2.33. The molecule has 5 rings (SSSR count). The van der Waals surface area contributed by atoms with Crippen molar-refractivity contribution in [1.82, 2.24) is 4.98 Å². The van der Waals surface area contributed by atoms with Gasteiger partial charge in [0.1, 0.15) is 18.1 Å². The molecule has 3 heterocycles. The van der Waals surface area contributed by atoms with E-state index in [1.54, 1.807) is 0 Å². The molecule has 0 aliphatic heterocycles. The minimum atomic E-state index is 0.102. The largest absolute Gasteiger partial charge is 0.453 e. The second kappa shape index (κ2) is 5.91. The molecule has 3 heteroatoms. The summed E-state index contributed by atoms with van der Waals surface area (Å²) in [4.78, 5) is 4.90. The van der Waals surface area contributed by atoms with Crippen molar-refractivity contribution >= 4 is 22.1 Å². The average molecular weight is 386 g/mol. The quantitative estimate of drug-likeness (QED) is 0.369. The Bertz CT molecular complexity index is 1280. The summed E-state index contributed by atoms with van der Waals surface area (Å²) in [6, 6.07) is 10.7. The molecule has 29 heavy (non-hydrogen) atoms. The highest BCUT2D eigenvalue weighted by Crippen LogP contribution is 2.50. The standard InChI is InChI=1S/C26H29N2O/c1-16-15-27-23-21-19(29-24(23)20(16)18-9-7-8-14-28(18)6)11-10-17-22(21)26(4,5)13-12-25(17,2)3/h7-11,14-15H,12-13H2,1-6H3/q+1. The molecule has 0 fully saturated rings. The first-order valence-electron chi connectivity index (χ1n) is 10.5. The van der Waals surface area contributed by atoms with Crippen molar-refractivity contribution in [3.05, 3.63) is 59.4 Å². The van der Waals surface area contributed by atoms with Crippen molar-refractivity contribution in [2.45, 2.75) is 58.3 Å². The number of fused-ring (bicyclic) bond motifs is 5. The molecule has 0 spiro atoms. The molecule has 4 aromatic rings. The van der Waals surface area contributed by atoms with E-state index in [1.165, 1.54) is 29.4 Å². The predicted molar refractivity (Wildman–Crippen MR) is 118 cm³/mol. The monoisotopic (exact) mass is 385 g/mol. The van der Waals surface area contributed by atoms with Gasteiger partial charge >= 0.3 is 0 Å². The van der Waals surface area contributed by atoms with Crippen LogP contribution in [0.25, 0.3) is 33.3 Å². The van der Waals surface area contributed by atoms with Gasteiger partial charge in [0, 0.05) is 18.3 Å². The topological polar surface area (TPSA) is 29.9 Å². The number of hydrogen-bond donors (Lipinski definition) is 0. The molecule has 1 aromatic carbocycles. The summed E-state index contributed by atoms with van der Waals surface area (Å²) in [5.74, 6) is 0. The van der Waals surface area contributed by atoms with Gasteiger partial charge in [-0.2, -0.15) is 0 Å². The van der Waals surface area contributed by atoms with Gasteiger partial charge in [0.15, 0.2) is 11.8 Å². The minimum absolute atomic E-state index is 0.102. The summed E-state index contributed by atoms with van der Waals surface area (Å²) in [6.07, 6.45) is 6.45. The molecule has 0 unspecified atom stereocenters. The number of aryl methyl sites for hydroxylation is 2. The van der Waals surface area contributed by atoms with Crippen molar-refractivity contribution < 1.29 is 8.98 Å². The van der Waals surface area contributed by atoms with Gasteiger partial charge in [-0.3, -0.25) is 4.98 Å². The molecule has 1 aliphatic carbocycles. The Kier molecular flexibility index (Phi) is 3.74. The second-order valence-electron chi connectivity index (χ2n) is 9.92. The van der Waals surface area contributed by atoms with E-state index >= 15 is 0 Å². The van der Waals surface area contributed by atoms with Crippen molar-refractivity contribution in [3.63, 3.8) is 0 Å². The van der Waals surface area contributed by atoms with Gasteiger partial charge < -0.3 is 4.42 Å². The van der Waals surface area contributed by atoms with Crippen molar-refractivity contribution in [2.75, 3.05) is 0 Å². The molecule has 0 amide bonds. The molecular weight excluding hydrogens is 356 g/mol. The number of benzene rings is 1. The van der Waals surface area contributed by atoms with Gasteiger partial charge in [-0.15, -0.1) is 0 Å². The number of hydrogen-bond acceptors (Lipinski definition) is 2. The Morgan fingerprint density at radius 3 is 2.52 bits per heavy atom. The van der Waals surface area contributed by atoms with Gasteiger partial charge in [-0.25, -0.2) is 4.57 Å². The van der Waals surface area contributed by atoms with Crippen LogP contribution in [-0.4, -0.2) is 4.98 Å². The smallest absolute Gasteiger partial charge is 0.216 e. The van der Waals surface area contributed by atoms with Crippen LogP contribution in [0.3, 0.4) is 0 Å². The number of nitrogens with zero attached hydrogens (tertiary/aromatic N) is 2. The molecule has 1 aliphatic rings. The third-order valence-corrected chi connectivity index (χ3v) is 6.93.